The van der Waals surface area contributed by atoms with Crippen molar-refractivity contribution < 1.29 is 0 Å². The van der Waals surface area contributed by atoms with E-state index in [2.05, 4.69) is 53.9 Å². The molecule has 0 radical (unpaired) electrons. The molecule has 0 saturated carbocycles. The third kappa shape index (κ3) is 3.65. The van der Waals surface area contributed by atoms with E-state index in [0.29, 0.717) is 0 Å². The number of rotatable bonds is 6. The topological polar surface area (TPSA) is 59.1 Å². The summed E-state index contributed by atoms with van der Waals surface area (Å²) >= 11 is 0. The van der Waals surface area contributed by atoms with Gasteiger partial charge in [-0.15, -0.1) is 0 Å². The molecule has 5 heteroatoms. The van der Waals surface area contributed by atoms with Crippen LogP contribution in [0, 0.1) is 6.92 Å². The van der Waals surface area contributed by atoms with Crippen LogP contribution in [0.25, 0.3) is 0 Å². The third-order valence-corrected chi connectivity index (χ3v) is 4.92. The van der Waals surface area contributed by atoms with Crippen molar-refractivity contribution in [1.82, 2.24) is 20.1 Å². The summed E-state index contributed by atoms with van der Waals surface area (Å²) in [5, 5.41) is 4.55. The highest BCUT2D eigenvalue weighted by molar-refractivity contribution is 5.12. The van der Waals surface area contributed by atoms with Gasteiger partial charge in [-0.25, -0.2) is 0 Å². The lowest BCUT2D eigenvalue weighted by Crippen LogP contribution is -2.61. The number of nitrogens with zero attached hydrogens (tertiary/aromatic N) is 3. The van der Waals surface area contributed by atoms with Crippen LogP contribution < -0.4 is 11.3 Å². The molecule has 5 nitrogen and oxygen atoms in total. The summed E-state index contributed by atoms with van der Waals surface area (Å²) in [5.74, 6) is 5.91. The molecule has 2 rings (SSSR count). The molecule has 1 aromatic heterocycles. The fourth-order valence-corrected chi connectivity index (χ4v) is 3.45. The van der Waals surface area contributed by atoms with Gasteiger partial charge in [0, 0.05) is 30.2 Å². The molecule has 3 N–H and O–H groups in total. The molecule has 1 aliphatic heterocycles. The van der Waals surface area contributed by atoms with Crippen LogP contribution in [-0.2, 0) is 13.0 Å². The number of aromatic nitrogens is 2. The minimum Gasteiger partial charge on any atom is -0.297 e. The number of aryl methyl sites for hydroxylation is 2. The van der Waals surface area contributed by atoms with Crippen molar-refractivity contribution in [1.29, 1.82) is 0 Å². The molecule has 1 saturated heterocycles. The second-order valence-corrected chi connectivity index (χ2v) is 6.72. The maximum atomic E-state index is 5.91. The molecule has 1 unspecified atom stereocenters. The van der Waals surface area contributed by atoms with E-state index in [0.717, 1.165) is 18.7 Å². The summed E-state index contributed by atoms with van der Waals surface area (Å²) < 4.78 is 2.09. The number of hydrogen-bond acceptors (Lipinski definition) is 4. The Morgan fingerprint density at radius 3 is 2.57 bits per heavy atom. The molecular weight excluding hydrogens is 262 g/mol. The zero-order valence-electron chi connectivity index (χ0n) is 14.0. The standard InChI is InChI=1S/C16H31N5/c1-5-21-14(11-13(2)19-21)12-15(18-17)16(3,4)20-9-7-6-8-10-20/h11,15,18H,5-10,12,17H2,1-4H3. The molecule has 1 aromatic rings. The van der Waals surface area contributed by atoms with Gasteiger partial charge in [-0.1, -0.05) is 6.42 Å². The largest absolute Gasteiger partial charge is 0.297 e. The van der Waals surface area contributed by atoms with Crippen LogP contribution in [0.4, 0.5) is 0 Å². The minimum atomic E-state index is 0.0475. The van der Waals surface area contributed by atoms with Crippen molar-refractivity contribution in [2.45, 2.75) is 71.5 Å². The van der Waals surface area contributed by atoms with Gasteiger partial charge in [-0.2, -0.15) is 5.10 Å². The number of hydrogen-bond donors (Lipinski definition) is 2. The monoisotopic (exact) mass is 293 g/mol. The number of likely N-dealkylation sites (tertiary alicyclic amines) is 1. The molecular formula is C16H31N5. The van der Waals surface area contributed by atoms with Crippen LogP contribution in [0.2, 0.25) is 0 Å². The van der Waals surface area contributed by atoms with Gasteiger partial charge in [0.1, 0.15) is 0 Å². The average molecular weight is 293 g/mol. The fraction of sp³-hybridized carbons (Fsp3) is 0.812. The maximum Gasteiger partial charge on any atom is 0.0596 e. The van der Waals surface area contributed by atoms with Gasteiger partial charge in [-0.05, 0) is 59.7 Å². The minimum absolute atomic E-state index is 0.0475. The van der Waals surface area contributed by atoms with Gasteiger partial charge in [0.25, 0.3) is 0 Å². The highest BCUT2D eigenvalue weighted by Gasteiger charge is 2.36. The highest BCUT2D eigenvalue weighted by Crippen LogP contribution is 2.25. The summed E-state index contributed by atoms with van der Waals surface area (Å²) in [6.07, 6.45) is 4.86. The van der Waals surface area contributed by atoms with Crippen molar-refractivity contribution in [2.24, 2.45) is 5.84 Å². The molecule has 0 amide bonds. The quantitative estimate of drug-likeness (QED) is 0.621. The predicted molar refractivity (Wildman–Crippen MR) is 87.0 cm³/mol. The summed E-state index contributed by atoms with van der Waals surface area (Å²) in [6.45, 7) is 12.1. The first-order valence-electron chi connectivity index (χ1n) is 8.23. The SMILES string of the molecule is CCn1nc(C)cc1CC(NN)C(C)(C)N1CCCCC1. The van der Waals surface area contributed by atoms with Crippen LogP contribution in [0.5, 0.6) is 0 Å². The lowest BCUT2D eigenvalue weighted by Gasteiger charge is -2.45. The summed E-state index contributed by atoms with van der Waals surface area (Å²) in [7, 11) is 0. The van der Waals surface area contributed by atoms with Gasteiger partial charge in [-0.3, -0.25) is 20.9 Å². The van der Waals surface area contributed by atoms with E-state index in [4.69, 9.17) is 5.84 Å². The molecule has 1 atom stereocenters. The molecule has 2 heterocycles. The number of piperidine rings is 1. The van der Waals surface area contributed by atoms with Crippen molar-refractivity contribution >= 4 is 0 Å². The third-order valence-electron chi connectivity index (χ3n) is 4.92. The zero-order chi connectivity index (χ0) is 15.5. The molecule has 0 spiro atoms. The Bertz CT molecular complexity index is 446. The average Bonchev–Trinajstić information content (AvgIpc) is 2.85. The van der Waals surface area contributed by atoms with Gasteiger partial charge in [0.15, 0.2) is 0 Å². The van der Waals surface area contributed by atoms with E-state index in [1.165, 1.54) is 38.0 Å². The molecule has 0 bridgehead atoms. The Hall–Kier alpha value is -0.910. The highest BCUT2D eigenvalue weighted by atomic mass is 15.3. The Labute approximate surface area is 128 Å². The molecule has 1 aliphatic rings. The Morgan fingerprint density at radius 1 is 1.33 bits per heavy atom. The second kappa shape index (κ2) is 6.90. The Morgan fingerprint density at radius 2 is 2.00 bits per heavy atom. The van der Waals surface area contributed by atoms with Gasteiger partial charge < -0.3 is 0 Å². The summed E-state index contributed by atoms with van der Waals surface area (Å²) in [6, 6.07) is 2.40. The normalized spacial score (nSPS) is 18.9. The lowest BCUT2D eigenvalue weighted by atomic mass is 9.87. The van der Waals surface area contributed by atoms with Crippen molar-refractivity contribution in [2.75, 3.05) is 13.1 Å². The van der Waals surface area contributed by atoms with E-state index < -0.39 is 0 Å². The van der Waals surface area contributed by atoms with E-state index in [9.17, 15) is 0 Å². The van der Waals surface area contributed by atoms with Crippen LogP contribution in [0.15, 0.2) is 6.07 Å². The van der Waals surface area contributed by atoms with Crippen molar-refractivity contribution in [3.05, 3.63) is 17.5 Å². The number of nitrogens with one attached hydrogen (secondary N) is 1. The molecule has 0 aliphatic carbocycles. The molecule has 21 heavy (non-hydrogen) atoms. The van der Waals surface area contributed by atoms with Crippen molar-refractivity contribution in [3.8, 4) is 0 Å². The Balaban J connectivity index is 2.13. The van der Waals surface area contributed by atoms with E-state index in [-0.39, 0.29) is 11.6 Å². The van der Waals surface area contributed by atoms with E-state index in [1.54, 1.807) is 0 Å². The summed E-state index contributed by atoms with van der Waals surface area (Å²) in [5.41, 5.74) is 5.46. The van der Waals surface area contributed by atoms with Gasteiger partial charge in [0.2, 0.25) is 0 Å². The fourth-order valence-electron chi connectivity index (χ4n) is 3.45. The maximum absolute atomic E-state index is 5.91. The van der Waals surface area contributed by atoms with E-state index >= 15 is 0 Å². The van der Waals surface area contributed by atoms with Crippen LogP contribution >= 0.6 is 0 Å². The molecule has 0 aromatic carbocycles. The first kappa shape index (κ1) is 16.5. The number of nitrogens with two attached hydrogens (primary N) is 1. The van der Waals surface area contributed by atoms with Crippen LogP contribution in [-0.4, -0.2) is 39.4 Å². The van der Waals surface area contributed by atoms with Crippen LogP contribution in [0.3, 0.4) is 0 Å². The van der Waals surface area contributed by atoms with E-state index in [1.807, 2.05) is 0 Å². The van der Waals surface area contributed by atoms with Crippen molar-refractivity contribution in [3.63, 3.8) is 0 Å². The Kier molecular flexibility index (Phi) is 5.41. The smallest absolute Gasteiger partial charge is 0.0596 e. The molecule has 120 valence electrons. The lowest BCUT2D eigenvalue weighted by molar-refractivity contribution is 0.0604. The number of hydrazine groups is 1. The summed E-state index contributed by atoms with van der Waals surface area (Å²) in [4.78, 5) is 2.58. The van der Waals surface area contributed by atoms with Crippen LogP contribution in [0.1, 0.15) is 51.4 Å². The second-order valence-electron chi connectivity index (χ2n) is 6.72. The predicted octanol–water partition coefficient (Wildman–Crippen LogP) is 1.85. The zero-order valence-corrected chi connectivity index (χ0v) is 14.0. The van der Waals surface area contributed by atoms with Gasteiger partial charge in [0.05, 0.1) is 5.69 Å². The first-order valence-corrected chi connectivity index (χ1v) is 8.23. The van der Waals surface area contributed by atoms with Gasteiger partial charge >= 0.3 is 0 Å². The first-order chi connectivity index (χ1) is 9.98. The molecule has 1 fully saturated rings.